The van der Waals surface area contributed by atoms with Gasteiger partial charge in [-0.1, -0.05) is 24.3 Å². The van der Waals surface area contributed by atoms with Crippen LogP contribution in [-0.4, -0.2) is 36.1 Å². The van der Waals surface area contributed by atoms with E-state index in [1.165, 1.54) is 67.5 Å². The summed E-state index contributed by atoms with van der Waals surface area (Å²) in [7, 11) is 3.08. The van der Waals surface area contributed by atoms with Gasteiger partial charge in [0.1, 0.15) is 17.7 Å². The molecule has 116 valence electrons. The predicted octanol–water partition coefficient (Wildman–Crippen LogP) is 2.55. The number of carbonyl (C=O) groups is 1. The van der Waals surface area contributed by atoms with Gasteiger partial charge in [-0.25, -0.2) is 8.78 Å². The van der Waals surface area contributed by atoms with E-state index < -0.39 is 29.6 Å². The minimum Gasteiger partial charge on any atom is -0.382 e. The Hall–Kier alpha value is -2.27. The molecule has 2 rings (SSSR count). The molecule has 0 aliphatic carbocycles. The molecule has 1 atom stereocenters. The first-order valence-corrected chi connectivity index (χ1v) is 6.80. The SMILES string of the molecule is CN(C)C(=O)C(O)C(c1ccc(F)cc1)c1ccc(F)cc1. The maximum absolute atomic E-state index is 13.1. The summed E-state index contributed by atoms with van der Waals surface area (Å²) in [4.78, 5) is 13.4. The van der Waals surface area contributed by atoms with Gasteiger partial charge >= 0.3 is 0 Å². The lowest BCUT2D eigenvalue weighted by Crippen LogP contribution is -2.38. The minimum atomic E-state index is -1.34. The second-order valence-electron chi connectivity index (χ2n) is 5.26. The summed E-state index contributed by atoms with van der Waals surface area (Å²) in [5.74, 6) is -1.99. The summed E-state index contributed by atoms with van der Waals surface area (Å²) in [6.45, 7) is 0. The Labute approximate surface area is 127 Å². The average molecular weight is 305 g/mol. The molecule has 1 unspecified atom stereocenters. The van der Waals surface area contributed by atoms with Crippen LogP contribution in [0.4, 0.5) is 8.78 Å². The normalized spacial score (nSPS) is 12.3. The summed E-state index contributed by atoms with van der Waals surface area (Å²) in [5, 5.41) is 10.4. The Morgan fingerprint density at radius 2 is 1.27 bits per heavy atom. The predicted molar refractivity (Wildman–Crippen MR) is 79.3 cm³/mol. The molecule has 0 heterocycles. The van der Waals surface area contributed by atoms with Crippen LogP contribution in [0.25, 0.3) is 0 Å². The molecule has 1 amide bonds. The van der Waals surface area contributed by atoms with E-state index in [0.717, 1.165) is 0 Å². The average Bonchev–Trinajstić information content (AvgIpc) is 2.50. The summed E-state index contributed by atoms with van der Waals surface area (Å²) in [5.41, 5.74) is 1.16. The number of nitrogens with zero attached hydrogens (tertiary/aromatic N) is 1. The molecule has 2 aromatic carbocycles. The Balaban J connectivity index is 2.46. The number of aliphatic hydroxyl groups is 1. The molecule has 22 heavy (non-hydrogen) atoms. The quantitative estimate of drug-likeness (QED) is 0.943. The van der Waals surface area contributed by atoms with Crippen LogP contribution in [0.2, 0.25) is 0 Å². The molecule has 0 aliphatic heterocycles. The van der Waals surface area contributed by atoms with Gasteiger partial charge in [-0.15, -0.1) is 0 Å². The van der Waals surface area contributed by atoms with E-state index in [2.05, 4.69) is 0 Å². The first kappa shape index (κ1) is 16.1. The molecule has 0 saturated heterocycles. The monoisotopic (exact) mass is 305 g/mol. The summed E-state index contributed by atoms with van der Waals surface area (Å²) in [6.07, 6.45) is -1.34. The number of benzene rings is 2. The fourth-order valence-electron chi connectivity index (χ4n) is 2.30. The van der Waals surface area contributed by atoms with Crippen LogP contribution in [0, 0.1) is 11.6 Å². The van der Waals surface area contributed by atoms with E-state index in [9.17, 15) is 18.7 Å². The second kappa shape index (κ2) is 6.66. The van der Waals surface area contributed by atoms with Crippen molar-refractivity contribution in [1.82, 2.24) is 4.90 Å². The van der Waals surface area contributed by atoms with Crippen LogP contribution in [0.3, 0.4) is 0 Å². The number of aliphatic hydroxyl groups excluding tert-OH is 1. The van der Waals surface area contributed by atoms with Crippen molar-refractivity contribution in [2.75, 3.05) is 14.1 Å². The third-order valence-corrected chi connectivity index (χ3v) is 3.47. The first-order chi connectivity index (χ1) is 10.4. The summed E-state index contributed by atoms with van der Waals surface area (Å²) >= 11 is 0. The van der Waals surface area contributed by atoms with Crippen LogP contribution < -0.4 is 0 Å². The molecule has 0 aliphatic rings. The largest absolute Gasteiger partial charge is 0.382 e. The Morgan fingerprint density at radius 3 is 1.59 bits per heavy atom. The van der Waals surface area contributed by atoms with Crippen LogP contribution in [0.15, 0.2) is 48.5 Å². The molecule has 0 bridgehead atoms. The van der Waals surface area contributed by atoms with E-state index in [1.54, 1.807) is 0 Å². The first-order valence-electron chi connectivity index (χ1n) is 6.80. The lowest BCUT2D eigenvalue weighted by molar-refractivity contribution is -0.138. The zero-order valence-corrected chi connectivity index (χ0v) is 12.3. The van der Waals surface area contributed by atoms with Crippen molar-refractivity contribution >= 4 is 5.91 Å². The molecule has 5 heteroatoms. The van der Waals surface area contributed by atoms with E-state index in [4.69, 9.17) is 0 Å². The number of hydrogen-bond donors (Lipinski definition) is 1. The van der Waals surface area contributed by atoms with Crippen molar-refractivity contribution in [2.24, 2.45) is 0 Å². The third-order valence-electron chi connectivity index (χ3n) is 3.47. The van der Waals surface area contributed by atoms with Gasteiger partial charge in [-0.2, -0.15) is 0 Å². The van der Waals surface area contributed by atoms with Crippen molar-refractivity contribution in [3.63, 3.8) is 0 Å². The molecule has 0 saturated carbocycles. The Bertz CT molecular complexity index is 593. The minimum absolute atomic E-state index is 0.407. The van der Waals surface area contributed by atoms with Crippen molar-refractivity contribution < 1.29 is 18.7 Å². The smallest absolute Gasteiger partial charge is 0.251 e. The Kier molecular flexibility index (Phi) is 4.88. The summed E-state index contributed by atoms with van der Waals surface area (Å²) < 4.78 is 26.2. The number of likely N-dealkylation sites (N-methyl/N-ethyl adjacent to an activating group) is 1. The second-order valence-corrected chi connectivity index (χ2v) is 5.26. The van der Waals surface area contributed by atoms with Gasteiger partial charge in [0.15, 0.2) is 0 Å². The van der Waals surface area contributed by atoms with Crippen LogP contribution in [0.1, 0.15) is 17.0 Å². The number of hydrogen-bond acceptors (Lipinski definition) is 2. The maximum Gasteiger partial charge on any atom is 0.251 e. The van der Waals surface area contributed by atoms with Crippen molar-refractivity contribution in [1.29, 1.82) is 0 Å². The Morgan fingerprint density at radius 1 is 0.909 bits per heavy atom. The highest BCUT2D eigenvalue weighted by molar-refractivity contribution is 5.82. The zero-order valence-electron chi connectivity index (χ0n) is 12.3. The van der Waals surface area contributed by atoms with Crippen LogP contribution in [-0.2, 0) is 4.79 Å². The maximum atomic E-state index is 13.1. The fraction of sp³-hybridized carbons (Fsp3) is 0.235. The van der Waals surface area contributed by atoms with E-state index in [1.807, 2.05) is 0 Å². The number of halogens is 2. The van der Waals surface area contributed by atoms with Crippen LogP contribution in [0.5, 0.6) is 0 Å². The standard InChI is InChI=1S/C17H17F2NO2/c1-20(2)17(22)16(21)15(11-3-7-13(18)8-4-11)12-5-9-14(19)10-6-12/h3-10,15-16,21H,1-2H3. The van der Waals surface area contributed by atoms with Gasteiger partial charge in [-0.05, 0) is 35.4 Å². The molecule has 2 aromatic rings. The fourth-order valence-corrected chi connectivity index (χ4v) is 2.30. The van der Waals surface area contributed by atoms with Gasteiger partial charge in [0.05, 0.1) is 0 Å². The van der Waals surface area contributed by atoms with Crippen molar-refractivity contribution in [3.8, 4) is 0 Å². The van der Waals surface area contributed by atoms with E-state index >= 15 is 0 Å². The number of amides is 1. The molecular formula is C17H17F2NO2. The molecule has 1 N–H and O–H groups in total. The van der Waals surface area contributed by atoms with Gasteiger partial charge < -0.3 is 10.0 Å². The highest BCUT2D eigenvalue weighted by Crippen LogP contribution is 2.29. The number of rotatable bonds is 4. The molecule has 0 fully saturated rings. The van der Waals surface area contributed by atoms with E-state index in [-0.39, 0.29) is 0 Å². The topological polar surface area (TPSA) is 40.5 Å². The molecule has 0 spiro atoms. The molecular weight excluding hydrogens is 288 g/mol. The zero-order chi connectivity index (χ0) is 16.3. The molecule has 3 nitrogen and oxygen atoms in total. The molecule has 0 radical (unpaired) electrons. The lowest BCUT2D eigenvalue weighted by Gasteiger charge is -2.25. The third kappa shape index (κ3) is 3.49. The van der Waals surface area contributed by atoms with Gasteiger partial charge in [0.2, 0.25) is 0 Å². The van der Waals surface area contributed by atoms with Crippen molar-refractivity contribution in [2.45, 2.75) is 12.0 Å². The van der Waals surface area contributed by atoms with Gasteiger partial charge in [-0.3, -0.25) is 4.79 Å². The summed E-state index contributed by atoms with van der Waals surface area (Å²) in [6, 6.07) is 11.1. The van der Waals surface area contributed by atoms with Gasteiger partial charge in [0, 0.05) is 20.0 Å². The van der Waals surface area contributed by atoms with E-state index in [0.29, 0.717) is 11.1 Å². The molecule has 0 aromatic heterocycles. The number of carbonyl (C=O) groups excluding carboxylic acids is 1. The van der Waals surface area contributed by atoms with Crippen molar-refractivity contribution in [3.05, 3.63) is 71.3 Å². The lowest BCUT2D eigenvalue weighted by atomic mass is 9.86. The van der Waals surface area contributed by atoms with Gasteiger partial charge in [0.25, 0.3) is 5.91 Å². The highest BCUT2D eigenvalue weighted by Gasteiger charge is 2.30. The van der Waals surface area contributed by atoms with Crippen LogP contribution >= 0.6 is 0 Å². The highest BCUT2D eigenvalue weighted by atomic mass is 19.1.